The highest BCUT2D eigenvalue weighted by atomic mass is 32.2. The van der Waals surface area contributed by atoms with Crippen molar-refractivity contribution in [1.82, 2.24) is 0 Å². The quantitative estimate of drug-likeness (QED) is 0.837. The van der Waals surface area contributed by atoms with Crippen molar-refractivity contribution < 1.29 is 31.8 Å². The predicted molar refractivity (Wildman–Crippen MR) is 76.7 cm³/mol. The summed E-state index contributed by atoms with van der Waals surface area (Å²) in [5.74, 6) is -0.632. The van der Waals surface area contributed by atoms with E-state index in [0.29, 0.717) is 12.1 Å². The summed E-state index contributed by atoms with van der Waals surface area (Å²) in [7, 11) is -5.54. The van der Waals surface area contributed by atoms with Crippen LogP contribution in [0.15, 0.2) is 52.4 Å². The molecule has 2 N–H and O–H groups in total. The van der Waals surface area contributed by atoms with Crippen LogP contribution in [0.4, 0.5) is 18.9 Å². The van der Waals surface area contributed by atoms with Crippen LogP contribution in [0.25, 0.3) is 0 Å². The summed E-state index contributed by atoms with van der Waals surface area (Å²) in [6.07, 6.45) is 1.09. The molecule has 0 atom stereocenters. The third-order valence-electron chi connectivity index (χ3n) is 2.84. The van der Waals surface area contributed by atoms with Crippen molar-refractivity contribution >= 4 is 21.7 Å². The molecule has 0 heterocycles. The number of aromatic hydroxyl groups is 2. The number of nitrogens with zero attached hydrogens (tertiary/aromatic N) is 1. The lowest BCUT2D eigenvalue weighted by Gasteiger charge is -2.09. The van der Waals surface area contributed by atoms with E-state index in [1.54, 1.807) is 12.1 Å². The predicted octanol–water partition coefficient (Wildman–Crippen LogP) is 3.14. The van der Waals surface area contributed by atoms with Crippen LogP contribution in [0.5, 0.6) is 11.5 Å². The van der Waals surface area contributed by atoms with Crippen molar-refractivity contribution in [3.8, 4) is 11.5 Å². The average molecular weight is 345 g/mol. The van der Waals surface area contributed by atoms with Crippen molar-refractivity contribution in [1.29, 1.82) is 0 Å². The number of alkyl halides is 3. The van der Waals surface area contributed by atoms with E-state index in [2.05, 4.69) is 4.99 Å². The van der Waals surface area contributed by atoms with Gasteiger partial charge in [0.15, 0.2) is 0 Å². The van der Waals surface area contributed by atoms with Crippen LogP contribution in [-0.2, 0) is 9.84 Å². The normalized spacial score (nSPS) is 12.7. The van der Waals surface area contributed by atoms with E-state index in [0.717, 1.165) is 12.3 Å². The van der Waals surface area contributed by atoms with Gasteiger partial charge in [-0.1, -0.05) is 12.1 Å². The molecule has 2 aromatic rings. The zero-order valence-corrected chi connectivity index (χ0v) is 12.1. The molecule has 2 rings (SSSR count). The molecule has 122 valence electrons. The van der Waals surface area contributed by atoms with Crippen LogP contribution in [0, 0.1) is 0 Å². The van der Waals surface area contributed by atoms with Gasteiger partial charge in [-0.2, -0.15) is 13.2 Å². The highest BCUT2D eigenvalue weighted by molar-refractivity contribution is 7.92. The fourth-order valence-electron chi connectivity index (χ4n) is 1.64. The lowest BCUT2D eigenvalue weighted by atomic mass is 10.2. The van der Waals surface area contributed by atoms with E-state index in [1.807, 2.05) is 0 Å². The van der Waals surface area contributed by atoms with Gasteiger partial charge in [-0.3, -0.25) is 4.99 Å². The minimum absolute atomic E-state index is 0.130. The topological polar surface area (TPSA) is 87.0 Å². The number of para-hydroxylation sites is 1. The molecule has 0 aliphatic rings. The highest BCUT2D eigenvalue weighted by Gasteiger charge is 2.47. The largest absolute Gasteiger partial charge is 0.507 e. The van der Waals surface area contributed by atoms with E-state index >= 15 is 0 Å². The minimum Gasteiger partial charge on any atom is -0.507 e. The van der Waals surface area contributed by atoms with E-state index in [4.69, 9.17) is 0 Å². The first-order valence-electron chi connectivity index (χ1n) is 6.09. The smallest absolute Gasteiger partial charge is 0.501 e. The van der Waals surface area contributed by atoms with E-state index in [1.165, 1.54) is 12.1 Å². The van der Waals surface area contributed by atoms with E-state index < -0.39 is 26.0 Å². The number of halogens is 3. The minimum atomic E-state index is -5.54. The second-order valence-corrected chi connectivity index (χ2v) is 6.36. The van der Waals surface area contributed by atoms with Gasteiger partial charge in [0.2, 0.25) is 0 Å². The second-order valence-electron chi connectivity index (χ2n) is 4.42. The van der Waals surface area contributed by atoms with Gasteiger partial charge in [-0.05, 0) is 30.3 Å². The number of phenolic OH excluding ortho intramolecular Hbond substituents is 2. The zero-order valence-electron chi connectivity index (χ0n) is 11.3. The zero-order chi connectivity index (χ0) is 17.3. The van der Waals surface area contributed by atoms with Crippen LogP contribution in [0.2, 0.25) is 0 Å². The van der Waals surface area contributed by atoms with Crippen LogP contribution < -0.4 is 0 Å². The Labute approximate surface area is 129 Å². The Morgan fingerprint density at radius 2 is 1.65 bits per heavy atom. The van der Waals surface area contributed by atoms with Crippen molar-refractivity contribution in [2.24, 2.45) is 4.99 Å². The van der Waals surface area contributed by atoms with Crippen LogP contribution in [-0.4, -0.2) is 30.4 Å². The van der Waals surface area contributed by atoms with Crippen molar-refractivity contribution in [3.63, 3.8) is 0 Å². The van der Waals surface area contributed by atoms with Gasteiger partial charge in [-0.15, -0.1) is 0 Å². The van der Waals surface area contributed by atoms with Crippen molar-refractivity contribution in [2.45, 2.75) is 10.4 Å². The standard InChI is InChI=1S/C14H10F3NO4S/c15-14(16,17)23(21,22)10-5-6-13(20)11(7-10)18-8-9-3-1-2-4-12(9)19/h1-8,19-20H. The Hall–Kier alpha value is -2.55. The first-order valence-corrected chi connectivity index (χ1v) is 7.57. The molecular weight excluding hydrogens is 335 g/mol. The number of hydrogen-bond acceptors (Lipinski definition) is 5. The monoisotopic (exact) mass is 345 g/mol. The lowest BCUT2D eigenvalue weighted by Crippen LogP contribution is -2.23. The molecule has 2 aromatic carbocycles. The Morgan fingerprint density at radius 3 is 2.26 bits per heavy atom. The van der Waals surface area contributed by atoms with Gasteiger partial charge < -0.3 is 10.2 Å². The fourth-order valence-corrected chi connectivity index (χ4v) is 2.42. The number of phenols is 2. The molecule has 23 heavy (non-hydrogen) atoms. The Morgan fingerprint density at radius 1 is 1.00 bits per heavy atom. The van der Waals surface area contributed by atoms with Crippen LogP contribution in [0.1, 0.15) is 5.56 Å². The van der Waals surface area contributed by atoms with E-state index in [9.17, 15) is 31.8 Å². The van der Waals surface area contributed by atoms with Gasteiger partial charge in [0, 0.05) is 11.8 Å². The van der Waals surface area contributed by atoms with Gasteiger partial charge >= 0.3 is 5.51 Å². The molecule has 0 radical (unpaired) electrons. The summed E-state index contributed by atoms with van der Waals surface area (Å²) in [5, 5.41) is 19.1. The van der Waals surface area contributed by atoms with Gasteiger partial charge in [0.1, 0.15) is 17.2 Å². The molecule has 0 amide bonds. The fraction of sp³-hybridized carbons (Fsp3) is 0.0714. The summed E-state index contributed by atoms with van der Waals surface area (Å²) < 4.78 is 60.3. The molecule has 5 nitrogen and oxygen atoms in total. The molecule has 0 saturated heterocycles. The average Bonchev–Trinajstić information content (AvgIpc) is 2.46. The van der Waals surface area contributed by atoms with Gasteiger partial charge in [0.05, 0.1) is 4.90 Å². The maximum Gasteiger partial charge on any atom is 0.501 e. The summed E-state index contributed by atoms with van der Waals surface area (Å²) >= 11 is 0. The Bertz CT molecular complexity index is 861. The molecule has 0 aliphatic carbocycles. The summed E-state index contributed by atoms with van der Waals surface area (Å²) in [4.78, 5) is 2.69. The van der Waals surface area contributed by atoms with Crippen molar-refractivity contribution in [3.05, 3.63) is 48.0 Å². The molecule has 9 heteroatoms. The highest BCUT2D eigenvalue weighted by Crippen LogP contribution is 2.35. The molecular formula is C14H10F3NO4S. The lowest BCUT2D eigenvalue weighted by molar-refractivity contribution is -0.0436. The summed E-state index contributed by atoms with van der Waals surface area (Å²) in [5.41, 5.74) is -5.59. The molecule has 0 saturated carbocycles. The number of sulfone groups is 1. The maximum atomic E-state index is 12.5. The van der Waals surface area contributed by atoms with Gasteiger partial charge in [-0.25, -0.2) is 8.42 Å². The Balaban J connectivity index is 2.46. The second kappa shape index (κ2) is 5.92. The molecule has 0 aliphatic heterocycles. The van der Waals surface area contributed by atoms with E-state index in [-0.39, 0.29) is 17.0 Å². The van der Waals surface area contributed by atoms with Crippen LogP contribution >= 0.6 is 0 Å². The number of benzene rings is 2. The van der Waals surface area contributed by atoms with Gasteiger partial charge in [0.25, 0.3) is 9.84 Å². The molecule has 0 unspecified atom stereocenters. The molecule has 0 bridgehead atoms. The molecule has 0 fully saturated rings. The number of aliphatic imine (C=N–C) groups is 1. The van der Waals surface area contributed by atoms with Crippen molar-refractivity contribution in [2.75, 3.05) is 0 Å². The third-order valence-corrected chi connectivity index (χ3v) is 4.33. The summed E-state index contributed by atoms with van der Waals surface area (Å²) in [6.45, 7) is 0. The summed E-state index contributed by atoms with van der Waals surface area (Å²) in [6, 6.07) is 8.03. The SMILES string of the molecule is O=S(=O)(c1ccc(O)c(N=Cc2ccccc2O)c1)C(F)(F)F. The molecule has 0 spiro atoms. The number of rotatable bonds is 3. The molecule has 0 aromatic heterocycles. The first kappa shape index (κ1) is 16.8. The number of hydrogen-bond donors (Lipinski definition) is 2. The van der Waals surface area contributed by atoms with Crippen LogP contribution in [0.3, 0.4) is 0 Å². The maximum absolute atomic E-state index is 12.5. The first-order chi connectivity index (χ1) is 10.6. The third kappa shape index (κ3) is 3.45. The Kier molecular flexibility index (Phi) is 4.33.